The fraction of sp³-hybridized carbons (Fsp3) is 0.840. The van der Waals surface area contributed by atoms with E-state index in [1.165, 1.54) is 6.33 Å². The van der Waals surface area contributed by atoms with Crippen molar-refractivity contribution in [3.8, 4) is 0 Å². The van der Waals surface area contributed by atoms with Gasteiger partial charge in [-0.1, -0.05) is 73.9 Å². The van der Waals surface area contributed by atoms with Crippen molar-refractivity contribution >= 4 is 39.7 Å². The van der Waals surface area contributed by atoms with Crippen LogP contribution in [0.15, 0.2) is 6.33 Å². The number of rotatable bonds is 11. The van der Waals surface area contributed by atoms with Gasteiger partial charge in [0.15, 0.2) is 8.32 Å². The molecule has 1 heterocycles. The summed E-state index contributed by atoms with van der Waals surface area (Å²) in [6.45, 7) is 25.7. The van der Waals surface area contributed by atoms with Crippen LogP contribution in [0.25, 0.3) is 0 Å². The molecule has 0 unspecified atom stereocenters. The van der Waals surface area contributed by atoms with Crippen LogP contribution < -0.4 is 5.32 Å². The van der Waals surface area contributed by atoms with Crippen LogP contribution >= 0.6 is 11.6 Å². The summed E-state index contributed by atoms with van der Waals surface area (Å²) in [4.78, 5) is 19.0. The van der Waals surface area contributed by atoms with Crippen molar-refractivity contribution in [2.45, 2.75) is 122 Å². The second-order valence-electron chi connectivity index (χ2n) is 12.7. The molecule has 36 heavy (non-hydrogen) atoms. The van der Waals surface area contributed by atoms with Gasteiger partial charge < -0.3 is 14.2 Å². The SMILES string of the molecule is CC(C)[Si](O[C@H]1C[C@H](Nc2ncnc(Cl)c2[N+](=O)[O-])C[C@@H]1CO[Si](C)(C)C(C)(C)C)(C(C)C)C(C)C. The molecule has 1 saturated carbocycles. The van der Waals surface area contributed by atoms with Gasteiger partial charge in [0.1, 0.15) is 6.33 Å². The highest BCUT2D eigenvalue weighted by molar-refractivity contribution is 6.77. The zero-order valence-electron chi connectivity index (χ0n) is 24.0. The van der Waals surface area contributed by atoms with E-state index in [9.17, 15) is 10.1 Å². The van der Waals surface area contributed by atoms with Gasteiger partial charge in [-0.25, -0.2) is 9.97 Å². The van der Waals surface area contributed by atoms with Gasteiger partial charge >= 0.3 is 5.69 Å². The van der Waals surface area contributed by atoms with Crippen molar-refractivity contribution in [3.05, 3.63) is 21.6 Å². The van der Waals surface area contributed by atoms with E-state index in [4.69, 9.17) is 20.5 Å². The third-order valence-corrected chi connectivity index (χ3v) is 19.4. The second-order valence-corrected chi connectivity index (χ2v) is 23.3. The minimum Gasteiger partial charge on any atom is -0.416 e. The molecule has 11 heteroatoms. The number of aromatic nitrogens is 2. The molecule has 1 aliphatic rings. The number of nitro groups is 1. The van der Waals surface area contributed by atoms with Gasteiger partial charge in [0, 0.05) is 18.6 Å². The Kier molecular flexibility index (Phi) is 10.2. The van der Waals surface area contributed by atoms with E-state index in [2.05, 4.69) is 90.7 Å². The van der Waals surface area contributed by atoms with E-state index in [1.807, 2.05) is 0 Å². The molecule has 0 radical (unpaired) electrons. The summed E-state index contributed by atoms with van der Waals surface area (Å²) >= 11 is 6.03. The third kappa shape index (κ3) is 6.67. The van der Waals surface area contributed by atoms with Gasteiger partial charge in [0.2, 0.25) is 19.3 Å². The Morgan fingerprint density at radius 3 is 2.14 bits per heavy atom. The largest absolute Gasteiger partial charge is 0.416 e. The molecule has 2 rings (SSSR count). The summed E-state index contributed by atoms with van der Waals surface area (Å²) in [6, 6.07) is -0.0362. The maximum absolute atomic E-state index is 11.6. The summed E-state index contributed by atoms with van der Waals surface area (Å²) in [7, 11) is -4.08. The molecule has 0 aromatic carbocycles. The average molecular weight is 559 g/mol. The average Bonchev–Trinajstić information content (AvgIpc) is 3.09. The van der Waals surface area contributed by atoms with Crippen LogP contribution in [0.2, 0.25) is 39.9 Å². The monoisotopic (exact) mass is 558 g/mol. The first-order valence-corrected chi connectivity index (χ1v) is 18.6. The summed E-state index contributed by atoms with van der Waals surface area (Å²) in [6.07, 6.45) is 2.80. The summed E-state index contributed by atoms with van der Waals surface area (Å²) in [5.74, 6) is 0.353. The Hall–Kier alpha value is -1.08. The molecule has 0 aliphatic heterocycles. The highest BCUT2D eigenvalue weighted by atomic mass is 35.5. The van der Waals surface area contributed by atoms with E-state index in [0.29, 0.717) is 23.2 Å². The number of hydrogen-bond donors (Lipinski definition) is 1. The van der Waals surface area contributed by atoms with Gasteiger partial charge in [-0.05, 0) is 47.6 Å². The van der Waals surface area contributed by atoms with Gasteiger partial charge in [-0.2, -0.15) is 0 Å². The van der Waals surface area contributed by atoms with Crippen molar-refractivity contribution in [1.82, 2.24) is 9.97 Å². The Bertz CT molecular complexity index is 887. The van der Waals surface area contributed by atoms with Crippen molar-refractivity contribution in [2.75, 3.05) is 11.9 Å². The zero-order valence-corrected chi connectivity index (χ0v) is 26.8. The smallest absolute Gasteiger partial charge is 0.348 e. The second kappa shape index (κ2) is 11.8. The van der Waals surface area contributed by atoms with E-state index < -0.39 is 21.6 Å². The maximum Gasteiger partial charge on any atom is 0.348 e. The Balaban J connectivity index is 2.37. The molecule has 0 saturated heterocycles. The normalized spacial score (nSPS) is 21.6. The summed E-state index contributed by atoms with van der Waals surface area (Å²) < 4.78 is 13.9. The molecule has 1 aromatic rings. The molecule has 1 fully saturated rings. The summed E-state index contributed by atoms with van der Waals surface area (Å²) in [5.41, 5.74) is 1.11. The lowest BCUT2D eigenvalue weighted by Crippen LogP contribution is -2.51. The molecule has 206 valence electrons. The van der Waals surface area contributed by atoms with Crippen LogP contribution in [0.3, 0.4) is 0 Å². The first kappa shape index (κ1) is 31.1. The molecule has 1 N–H and O–H groups in total. The molecular formula is C25H47ClN4O4Si2. The topological polar surface area (TPSA) is 99.4 Å². The highest BCUT2D eigenvalue weighted by Gasteiger charge is 2.50. The Morgan fingerprint density at radius 2 is 1.67 bits per heavy atom. The zero-order chi connectivity index (χ0) is 27.6. The minimum atomic E-state index is -2.13. The quantitative estimate of drug-likeness (QED) is 0.128. The minimum absolute atomic E-state index is 0.0162. The maximum atomic E-state index is 11.6. The number of nitrogens with zero attached hydrogens (tertiary/aromatic N) is 3. The lowest BCUT2D eigenvalue weighted by atomic mass is 10.1. The third-order valence-electron chi connectivity index (χ3n) is 8.46. The molecule has 1 aliphatic carbocycles. The van der Waals surface area contributed by atoms with E-state index in [0.717, 1.165) is 12.8 Å². The van der Waals surface area contributed by atoms with Crippen LogP contribution in [-0.4, -0.2) is 50.3 Å². The van der Waals surface area contributed by atoms with Crippen LogP contribution in [-0.2, 0) is 8.85 Å². The Morgan fingerprint density at radius 1 is 1.11 bits per heavy atom. The fourth-order valence-electron chi connectivity index (χ4n) is 5.54. The summed E-state index contributed by atoms with van der Waals surface area (Å²) in [5, 5.41) is 14.9. The van der Waals surface area contributed by atoms with E-state index >= 15 is 0 Å². The standard InChI is InChI=1S/C25H47ClN4O4Si2/c1-16(2)36(17(3)4,18(5)6)34-21-13-20(12-19(21)14-33-35(10,11)25(7,8)9)29-24-22(30(31)32)23(26)27-15-28-24/h15-21H,12-14H2,1-11H3,(H,27,28,29)/t19-,20-,21+/m1/s1. The van der Waals surface area contributed by atoms with Crippen molar-refractivity contribution in [3.63, 3.8) is 0 Å². The van der Waals surface area contributed by atoms with Gasteiger partial charge in [-0.3, -0.25) is 10.1 Å². The molecule has 3 atom stereocenters. The first-order chi connectivity index (χ1) is 16.4. The van der Waals surface area contributed by atoms with E-state index in [1.54, 1.807) is 0 Å². The molecular weight excluding hydrogens is 512 g/mol. The number of hydrogen-bond acceptors (Lipinski definition) is 7. The van der Waals surface area contributed by atoms with Crippen LogP contribution in [0.1, 0.15) is 75.2 Å². The first-order valence-electron chi connectivity index (χ1n) is 13.2. The van der Waals surface area contributed by atoms with Crippen LogP contribution in [0.5, 0.6) is 0 Å². The van der Waals surface area contributed by atoms with Gasteiger partial charge in [0.25, 0.3) is 0 Å². The predicted molar refractivity (Wildman–Crippen MR) is 153 cm³/mol. The molecule has 0 spiro atoms. The number of anilines is 1. The number of halogens is 1. The molecule has 8 nitrogen and oxygen atoms in total. The molecule has 1 aromatic heterocycles. The van der Waals surface area contributed by atoms with Crippen molar-refractivity contribution < 1.29 is 13.8 Å². The molecule has 0 amide bonds. The lowest BCUT2D eigenvalue weighted by molar-refractivity contribution is -0.384. The lowest BCUT2D eigenvalue weighted by Gasteiger charge is -2.45. The van der Waals surface area contributed by atoms with Crippen molar-refractivity contribution in [1.29, 1.82) is 0 Å². The number of nitrogens with one attached hydrogen (secondary N) is 1. The van der Waals surface area contributed by atoms with Gasteiger partial charge in [-0.15, -0.1) is 0 Å². The van der Waals surface area contributed by atoms with Crippen LogP contribution in [0, 0.1) is 16.0 Å². The molecule has 0 bridgehead atoms. The predicted octanol–water partition coefficient (Wildman–Crippen LogP) is 7.81. The van der Waals surface area contributed by atoms with Gasteiger partial charge in [0.05, 0.1) is 11.0 Å². The fourth-order valence-corrected chi connectivity index (χ4v) is 12.4. The van der Waals surface area contributed by atoms with E-state index in [-0.39, 0.29) is 39.8 Å². The Labute approximate surface area is 224 Å². The highest BCUT2D eigenvalue weighted by Crippen LogP contribution is 2.47. The van der Waals surface area contributed by atoms with Crippen molar-refractivity contribution in [2.24, 2.45) is 5.92 Å². The van der Waals surface area contributed by atoms with Crippen LogP contribution in [0.4, 0.5) is 11.5 Å².